The molecule has 3 nitrogen and oxygen atoms in total. The Labute approximate surface area is 118 Å². The Morgan fingerprint density at radius 1 is 1.20 bits per heavy atom. The highest BCUT2D eigenvalue weighted by Gasteiger charge is 2.35. The fraction of sp³-hybridized carbons (Fsp3) is 0.176. The maximum Gasteiger partial charge on any atom is 0.314 e. The van der Waals surface area contributed by atoms with Crippen molar-refractivity contribution in [3.05, 3.63) is 71.3 Å². The molecule has 0 radical (unpaired) electrons. The first-order valence-electron chi connectivity index (χ1n) is 6.34. The van der Waals surface area contributed by atoms with Crippen LogP contribution in [0.1, 0.15) is 23.6 Å². The second-order valence-electron chi connectivity index (χ2n) is 4.99. The number of hydrogen-bond donors (Lipinski definition) is 1. The number of hydrogen-bond acceptors (Lipinski definition) is 2. The number of rotatable bonds is 4. The molecule has 1 N–H and O–H groups in total. The van der Waals surface area contributed by atoms with Crippen molar-refractivity contribution in [1.82, 2.24) is 0 Å². The molecule has 0 spiro atoms. The molecule has 100 valence electrons. The molecule has 0 aliphatic heterocycles. The molecule has 0 saturated heterocycles. The first-order valence-corrected chi connectivity index (χ1v) is 6.34. The van der Waals surface area contributed by atoms with Gasteiger partial charge in [0.15, 0.2) is 0 Å². The molecule has 0 fully saturated rings. The summed E-state index contributed by atoms with van der Waals surface area (Å²) in [6.45, 7) is 1.71. The van der Waals surface area contributed by atoms with E-state index in [9.17, 15) is 9.90 Å². The van der Waals surface area contributed by atoms with Gasteiger partial charge in [0.2, 0.25) is 0 Å². The fourth-order valence-electron chi connectivity index (χ4n) is 2.27. The lowest BCUT2D eigenvalue weighted by atomic mass is 9.77. The van der Waals surface area contributed by atoms with Crippen LogP contribution >= 0.6 is 0 Å². The quantitative estimate of drug-likeness (QED) is 0.923. The minimum Gasteiger partial charge on any atom is -0.481 e. The van der Waals surface area contributed by atoms with Gasteiger partial charge in [-0.05, 0) is 36.6 Å². The van der Waals surface area contributed by atoms with E-state index in [1.165, 1.54) is 0 Å². The molecule has 0 aliphatic carbocycles. The topological polar surface area (TPSA) is 61.1 Å². The third-order valence-electron chi connectivity index (χ3n) is 3.50. The lowest BCUT2D eigenvalue weighted by molar-refractivity contribution is -0.143. The van der Waals surface area contributed by atoms with Gasteiger partial charge in [-0.2, -0.15) is 5.26 Å². The number of benzene rings is 2. The van der Waals surface area contributed by atoms with E-state index in [1.807, 2.05) is 36.4 Å². The Morgan fingerprint density at radius 3 is 2.50 bits per heavy atom. The first-order chi connectivity index (χ1) is 9.56. The smallest absolute Gasteiger partial charge is 0.314 e. The average Bonchev–Trinajstić information content (AvgIpc) is 2.48. The summed E-state index contributed by atoms with van der Waals surface area (Å²) in [6, 6.07) is 18.3. The van der Waals surface area contributed by atoms with Crippen LogP contribution in [0, 0.1) is 11.3 Å². The minimum absolute atomic E-state index is 0.349. The van der Waals surface area contributed by atoms with Crippen LogP contribution in [0.15, 0.2) is 54.6 Å². The van der Waals surface area contributed by atoms with Crippen LogP contribution in [0.4, 0.5) is 0 Å². The van der Waals surface area contributed by atoms with E-state index in [4.69, 9.17) is 5.26 Å². The number of carbonyl (C=O) groups is 1. The molecule has 2 aromatic carbocycles. The second kappa shape index (κ2) is 5.58. The fourth-order valence-corrected chi connectivity index (χ4v) is 2.27. The van der Waals surface area contributed by atoms with E-state index < -0.39 is 11.4 Å². The zero-order chi connectivity index (χ0) is 14.6. The number of nitrogens with zero attached hydrogens (tertiary/aromatic N) is 1. The van der Waals surface area contributed by atoms with Crippen LogP contribution in [0.25, 0.3) is 0 Å². The van der Waals surface area contributed by atoms with Crippen LogP contribution < -0.4 is 0 Å². The molecule has 1 unspecified atom stereocenters. The summed E-state index contributed by atoms with van der Waals surface area (Å²) in [5.41, 5.74) is 1.14. The Balaban J connectivity index is 2.40. The molecule has 0 aromatic heterocycles. The summed E-state index contributed by atoms with van der Waals surface area (Å²) in [5, 5.41) is 18.5. The van der Waals surface area contributed by atoms with E-state index in [1.54, 1.807) is 25.1 Å². The van der Waals surface area contributed by atoms with Crippen LogP contribution in [-0.4, -0.2) is 11.1 Å². The summed E-state index contributed by atoms with van der Waals surface area (Å²) < 4.78 is 0. The van der Waals surface area contributed by atoms with Gasteiger partial charge >= 0.3 is 5.97 Å². The van der Waals surface area contributed by atoms with Gasteiger partial charge in [0.05, 0.1) is 17.0 Å². The first kappa shape index (κ1) is 13.8. The summed E-state index contributed by atoms with van der Waals surface area (Å²) in [4.78, 5) is 11.7. The standard InChI is InChI=1S/C17H15NO2/c1-17(16(19)20,15-8-3-2-4-9-15)11-13-6-5-7-14(10-13)12-18/h2-10H,11H2,1H3,(H,19,20). The average molecular weight is 265 g/mol. The largest absolute Gasteiger partial charge is 0.481 e. The van der Waals surface area contributed by atoms with E-state index in [0.717, 1.165) is 11.1 Å². The maximum absolute atomic E-state index is 11.7. The van der Waals surface area contributed by atoms with E-state index in [0.29, 0.717) is 12.0 Å². The Bertz CT molecular complexity index is 658. The molecular weight excluding hydrogens is 250 g/mol. The SMILES string of the molecule is CC(Cc1cccc(C#N)c1)(C(=O)O)c1ccccc1. The predicted octanol–water partition coefficient (Wildman–Crippen LogP) is 3.14. The maximum atomic E-state index is 11.7. The van der Waals surface area contributed by atoms with Crippen molar-refractivity contribution in [1.29, 1.82) is 5.26 Å². The molecule has 2 aromatic rings. The number of nitriles is 1. The highest BCUT2D eigenvalue weighted by Crippen LogP contribution is 2.28. The van der Waals surface area contributed by atoms with Crippen LogP contribution in [0.3, 0.4) is 0 Å². The van der Waals surface area contributed by atoms with Crippen LogP contribution in [-0.2, 0) is 16.6 Å². The van der Waals surface area contributed by atoms with Gasteiger partial charge in [0.25, 0.3) is 0 Å². The molecule has 1 atom stereocenters. The minimum atomic E-state index is -1.00. The van der Waals surface area contributed by atoms with E-state index >= 15 is 0 Å². The monoisotopic (exact) mass is 265 g/mol. The Kier molecular flexibility index (Phi) is 3.86. The van der Waals surface area contributed by atoms with Gasteiger partial charge in [0.1, 0.15) is 0 Å². The summed E-state index contributed by atoms with van der Waals surface area (Å²) in [7, 11) is 0. The molecule has 0 heterocycles. The summed E-state index contributed by atoms with van der Waals surface area (Å²) in [6.07, 6.45) is 0.349. The molecule has 0 bridgehead atoms. The molecule has 0 aliphatic rings. The van der Waals surface area contributed by atoms with Crippen LogP contribution in [0.5, 0.6) is 0 Å². The van der Waals surface area contributed by atoms with Crippen molar-refractivity contribution < 1.29 is 9.90 Å². The van der Waals surface area contributed by atoms with Gasteiger partial charge in [-0.1, -0.05) is 42.5 Å². The summed E-state index contributed by atoms with van der Waals surface area (Å²) in [5.74, 6) is -0.869. The molecule has 20 heavy (non-hydrogen) atoms. The lowest BCUT2D eigenvalue weighted by Gasteiger charge is -2.25. The number of carboxylic acids is 1. The van der Waals surface area contributed by atoms with Crippen molar-refractivity contribution >= 4 is 5.97 Å². The van der Waals surface area contributed by atoms with Crippen molar-refractivity contribution in [2.45, 2.75) is 18.8 Å². The third-order valence-corrected chi connectivity index (χ3v) is 3.50. The molecule has 0 saturated carbocycles. The summed E-state index contributed by atoms with van der Waals surface area (Å²) >= 11 is 0. The molecule has 3 heteroatoms. The number of aliphatic carboxylic acids is 1. The van der Waals surface area contributed by atoms with Gasteiger partial charge in [-0.15, -0.1) is 0 Å². The lowest BCUT2D eigenvalue weighted by Crippen LogP contribution is -2.34. The van der Waals surface area contributed by atoms with Gasteiger partial charge in [-0.3, -0.25) is 4.79 Å². The highest BCUT2D eigenvalue weighted by atomic mass is 16.4. The third kappa shape index (κ3) is 2.70. The molecule has 0 amide bonds. The van der Waals surface area contributed by atoms with Gasteiger partial charge in [0, 0.05) is 0 Å². The normalized spacial score (nSPS) is 13.2. The Hall–Kier alpha value is -2.60. The molecular formula is C17H15NO2. The second-order valence-corrected chi connectivity index (χ2v) is 4.99. The van der Waals surface area contributed by atoms with Crippen molar-refractivity contribution in [3.63, 3.8) is 0 Å². The predicted molar refractivity (Wildman–Crippen MR) is 76.3 cm³/mol. The van der Waals surface area contributed by atoms with Crippen molar-refractivity contribution in [3.8, 4) is 6.07 Å². The van der Waals surface area contributed by atoms with Crippen LogP contribution in [0.2, 0.25) is 0 Å². The van der Waals surface area contributed by atoms with E-state index in [-0.39, 0.29) is 0 Å². The Morgan fingerprint density at radius 2 is 1.90 bits per heavy atom. The van der Waals surface area contributed by atoms with Crippen molar-refractivity contribution in [2.24, 2.45) is 0 Å². The zero-order valence-electron chi connectivity index (χ0n) is 11.2. The molecule has 2 rings (SSSR count). The number of carboxylic acid groups (broad SMARTS) is 1. The van der Waals surface area contributed by atoms with Gasteiger partial charge < -0.3 is 5.11 Å². The van der Waals surface area contributed by atoms with E-state index in [2.05, 4.69) is 6.07 Å². The highest BCUT2D eigenvalue weighted by molar-refractivity contribution is 5.81. The van der Waals surface area contributed by atoms with Gasteiger partial charge in [-0.25, -0.2) is 0 Å². The zero-order valence-corrected chi connectivity index (χ0v) is 11.2. The van der Waals surface area contributed by atoms with Crippen molar-refractivity contribution in [2.75, 3.05) is 0 Å².